The van der Waals surface area contributed by atoms with E-state index in [1.54, 1.807) is 31.7 Å². The molecule has 2 saturated heterocycles. The van der Waals surface area contributed by atoms with Crippen LogP contribution in [0.2, 0.25) is 0 Å². The maximum atomic E-state index is 12.9. The van der Waals surface area contributed by atoms with Crippen molar-refractivity contribution in [1.29, 1.82) is 0 Å². The summed E-state index contributed by atoms with van der Waals surface area (Å²) in [7, 11) is 0. The Labute approximate surface area is 161 Å². The van der Waals surface area contributed by atoms with Crippen molar-refractivity contribution < 1.29 is 23.9 Å². The lowest BCUT2D eigenvalue weighted by Gasteiger charge is -2.32. The zero-order valence-corrected chi connectivity index (χ0v) is 17.4. The molecule has 0 bridgehead atoms. The molecule has 0 aliphatic carbocycles. The second-order valence-electron chi connectivity index (χ2n) is 9.34. The van der Waals surface area contributed by atoms with Gasteiger partial charge in [-0.15, -0.1) is 6.58 Å². The van der Waals surface area contributed by atoms with Gasteiger partial charge >= 0.3 is 12.2 Å². The number of hydrogen-bond acceptors (Lipinski definition) is 5. The number of Topliss-reactive ketones (excluding diaryl/α,β-unsaturated/α-hetero) is 1. The minimum atomic E-state index is -0.677. The molecule has 2 rings (SSSR count). The predicted octanol–water partition coefficient (Wildman–Crippen LogP) is 3.37. The molecule has 0 spiro atoms. The molecular weight excluding hydrogens is 348 g/mol. The highest BCUT2D eigenvalue weighted by Crippen LogP contribution is 2.41. The summed E-state index contributed by atoms with van der Waals surface area (Å²) in [5.74, 6) is -0.191. The number of amides is 2. The zero-order chi connectivity index (χ0) is 20.7. The number of nitrogens with zero attached hydrogens (tertiary/aromatic N) is 2. The largest absolute Gasteiger partial charge is 0.444 e. The van der Waals surface area contributed by atoms with Crippen molar-refractivity contribution >= 4 is 18.0 Å². The SMILES string of the molecule is C=C[C@@H]1C[C@H](C(C)=O)N(C(=O)OC(C)(C)C)[C@H]1[C@H]1CN1C(=O)OC(C)(C)C. The van der Waals surface area contributed by atoms with E-state index in [0.717, 1.165) is 0 Å². The molecule has 0 aromatic rings. The molecule has 7 heteroatoms. The number of carbonyl (C=O) groups is 3. The van der Waals surface area contributed by atoms with Crippen LogP contribution < -0.4 is 0 Å². The normalized spacial score (nSPS) is 28.0. The van der Waals surface area contributed by atoms with Crippen molar-refractivity contribution in [1.82, 2.24) is 9.80 Å². The highest BCUT2D eigenvalue weighted by molar-refractivity contribution is 5.87. The lowest BCUT2D eigenvalue weighted by Crippen LogP contribution is -2.50. The molecule has 7 nitrogen and oxygen atoms in total. The molecule has 2 heterocycles. The van der Waals surface area contributed by atoms with Crippen LogP contribution in [0.25, 0.3) is 0 Å². The van der Waals surface area contributed by atoms with Crippen molar-refractivity contribution in [2.45, 2.75) is 84.2 Å². The molecule has 2 aliphatic heterocycles. The highest BCUT2D eigenvalue weighted by Gasteiger charge is 2.57. The maximum absolute atomic E-state index is 12.9. The molecule has 0 aromatic carbocycles. The van der Waals surface area contributed by atoms with Gasteiger partial charge in [-0.25, -0.2) is 9.59 Å². The van der Waals surface area contributed by atoms with Gasteiger partial charge in [0.1, 0.15) is 11.2 Å². The van der Waals surface area contributed by atoms with Crippen LogP contribution in [0.1, 0.15) is 54.9 Å². The Kier molecular flexibility index (Phi) is 5.64. The molecule has 27 heavy (non-hydrogen) atoms. The Balaban J connectivity index is 2.25. The Morgan fingerprint density at radius 1 is 1.00 bits per heavy atom. The van der Waals surface area contributed by atoms with E-state index in [4.69, 9.17) is 9.47 Å². The number of ether oxygens (including phenoxy) is 2. The third-order valence-electron chi connectivity index (χ3n) is 4.64. The lowest BCUT2D eigenvalue weighted by atomic mass is 9.96. The number of carbonyl (C=O) groups excluding carboxylic acids is 3. The van der Waals surface area contributed by atoms with E-state index in [-0.39, 0.29) is 23.8 Å². The summed E-state index contributed by atoms with van der Waals surface area (Å²) in [6.07, 6.45) is 1.30. The summed E-state index contributed by atoms with van der Waals surface area (Å²) in [5.41, 5.74) is -1.27. The smallest absolute Gasteiger partial charge is 0.411 e. The number of likely N-dealkylation sites (tertiary alicyclic amines) is 1. The molecule has 0 unspecified atom stereocenters. The fourth-order valence-electron chi connectivity index (χ4n) is 3.53. The van der Waals surface area contributed by atoms with Crippen LogP contribution in [0.4, 0.5) is 9.59 Å². The van der Waals surface area contributed by atoms with E-state index < -0.39 is 29.4 Å². The number of hydrogen-bond donors (Lipinski definition) is 0. The van der Waals surface area contributed by atoms with Gasteiger partial charge in [-0.1, -0.05) is 6.08 Å². The summed E-state index contributed by atoms with van der Waals surface area (Å²) in [6, 6.07) is -1.13. The molecule has 0 saturated carbocycles. The zero-order valence-electron chi connectivity index (χ0n) is 17.4. The number of ketones is 1. The Morgan fingerprint density at radius 3 is 1.96 bits per heavy atom. The first-order chi connectivity index (χ1) is 12.2. The number of rotatable bonds is 3. The summed E-state index contributed by atoms with van der Waals surface area (Å²) in [4.78, 5) is 40.5. The second kappa shape index (κ2) is 7.17. The fraction of sp³-hybridized carbons (Fsp3) is 0.750. The third kappa shape index (κ3) is 5.02. The van der Waals surface area contributed by atoms with Crippen molar-refractivity contribution in [3.63, 3.8) is 0 Å². The van der Waals surface area contributed by atoms with E-state index >= 15 is 0 Å². The standard InChI is InChI=1S/C20H32N2O5/c1-9-13-10-14(12(2)23)22(18(25)27-20(6,7)8)16(13)15-11-21(15)17(24)26-19(3,4)5/h9,13-16H,1,10-11H2,2-8H3/t13-,14-,15-,16-,21?/m1/s1. The van der Waals surface area contributed by atoms with Crippen molar-refractivity contribution in [3.8, 4) is 0 Å². The van der Waals surface area contributed by atoms with Gasteiger partial charge in [0.2, 0.25) is 0 Å². The average molecular weight is 380 g/mol. The van der Waals surface area contributed by atoms with Crippen LogP contribution in [-0.2, 0) is 14.3 Å². The Bertz CT molecular complexity index is 631. The summed E-state index contributed by atoms with van der Waals surface area (Å²) < 4.78 is 11.0. The molecule has 0 aromatic heterocycles. The van der Waals surface area contributed by atoms with Gasteiger partial charge in [0.15, 0.2) is 5.78 Å². The molecule has 0 N–H and O–H groups in total. The fourth-order valence-corrected chi connectivity index (χ4v) is 3.53. The van der Waals surface area contributed by atoms with Gasteiger partial charge in [0.25, 0.3) is 0 Å². The molecular formula is C20H32N2O5. The van der Waals surface area contributed by atoms with E-state index in [1.165, 1.54) is 11.8 Å². The topological polar surface area (TPSA) is 75.9 Å². The van der Waals surface area contributed by atoms with Crippen molar-refractivity contribution in [2.24, 2.45) is 5.92 Å². The van der Waals surface area contributed by atoms with Gasteiger partial charge in [-0.2, -0.15) is 0 Å². The van der Waals surface area contributed by atoms with E-state index in [0.29, 0.717) is 13.0 Å². The molecule has 4 atom stereocenters. The summed E-state index contributed by atoms with van der Waals surface area (Å²) in [6.45, 7) is 16.6. The van der Waals surface area contributed by atoms with E-state index in [1.807, 2.05) is 20.8 Å². The molecule has 2 aliphatic rings. The van der Waals surface area contributed by atoms with Crippen LogP contribution in [0.3, 0.4) is 0 Å². The van der Waals surface area contributed by atoms with Crippen LogP contribution in [0, 0.1) is 5.92 Å². The molecule has 152 valence electrons. The first kappa shape index (κ1) is 21.3. The monoisotopic (exact) mass is 380 g/mol. The van der Waals surface area contributed by atoms with E-state index in [9.17, 15) is 14.4 Å². The second-order valence-corrected chi connectivity index (χ2v) is 9.34. The van der Waals surface area contributed by atoms with E-state index in [2.05, 4.69) is 6.58 Å². The molecule has 2 fully saturated rings. The van der Waals surface area contributed by atoms with Crippen LogP contribution in [-0.4, -0.2) is 63.6 Å². The van der Waals surface area contributed by atoms with Gasteiger partial charge in [0, 0.05) is 12.5 Å². The summed E-state index contributed by atoms with van der Waals surface area (Å²) in [5, 5.41) is 0. The minimum Gasteiger partial charge on any atom is -0.444 e. The molecule has 0 radical (unpaired) electrons. The average Bonchev–Trinajstić information content (AvgIpc) is 3.15. The first-order valence-corrected chi connectivity index (χ1v) is 9.39. The van der Waals surface area contributed by atoms with Crippen molar-refractivity contribution in [3.05, 3.63) is 12.7 Å². The quantitative estimate of drug-likeness (QED) is 0.554. The van der Waals surface area contributed by atoms with Crippen LogP contribution in [0.5, 0.6) is 0 Å². The maximum Gasteiger partial charge on any atom is 0.411 e. The predicted molar refractivity (Wildman–Crippen MR) is 101 cm³/mol. The van der Waals surface area contributed by atoms with Gasteiger partial charge < -0.3 is 9.47 Å². The van der Waals surface area contributed by atoms with Gasteiger partial charge in [0.05, 0.1) is 18.1 Å². The third-order valence-corrected chi connectivity index (χ3v) is 4.64. The minimum absolute atomic E-state index is 0.0937. The Morgan fingerprint density at radius 2 is 1.52 bits per heavy atom. The molecule has 2 amide bonds. The lowest BCUT2D eigenvalue weighted by molar-refractivity contribution is -0.121. The van der Waals surface area contributed by atoms with Crippen LogP contribution in [0.15, 0.2) is 12.7 Å². The first-order valence-electron chi connectivity index (χ1n) is 9.39. The van der Waals surface area contributed by atoms with Gasteiger partial charge in [-0.3, -0.25) is 14.6 Å². The van der Waals surface area contributed by atoms with Crippen LogP contribution >= 0.6 is 0 Å². The summed E-state index contributed by atoms with van der Waals surface area (Å²) >= 11 is 0. The Hall–Kier alpha value is -2.05. The van der Waals surface area contributed by atoms with Crippen molar-refractivity contribution in [2.75, 3.05) is 6.54 Å². The van der Waals surface area contributed by atoms with Gasteiger partial charge in [-0.05, 0) is 54.9 Å². The highest BCUT2D eigenvalue weighted by atomic mass is 16.6.